The molecule has 1 saturated heterocycles. The SMILES string of the molecule is CCN(CC)c1ccc2c(-c3ccccc3C(=O)N3CCN(C(=O)CCCCC(=O)NC(CS(=O)(=O)[O-])C(=O)NCCCCC(=O)NC(CCP(=O)(O)O)C(=O)NCCCCC(=O)NCCOCCN4C(=O)C=CC4=O)CC3)c3ccc(=[N+](CC)CC)cc-3oc2c1. The minimum absolute atomic E-state index is 0.0776. The predicted molar refractivity (Wildman–Crippen MR) is 342 cm³/mol. The Morgan fingerprint density at radius 1 is 0.696 bits per heavy atom. The average Bonchev–Trinajstić information content (AvgIpc) is 0.906. The summed E-state index contributed by atoms with van der Waals surface area (Å²) in [5.41, 5.74) is 4.74. The van der Waals surface area contributed by atoms with Crippen molar-refractivity contribution < 1.29 is 79.6 Å². The Morgan fingerprint density at radius 3 is 1.90 bits per heavy atom. The lowest BCUT2D eigenvalue weighted by Gasteiger charge is -2.35. The fourth-order valence-electron chi connectivity index (χ4n) is 10.9. The number of benzene rings is 3. The van der Waals surface area contributed by atoms with Gasteiger partial charge in [0.1, 0.15) is 36.5 Å². The van der Waals surface area contributed by atoms with Gasteiger partial charge in [0.05, 0.1) is 47.9 Å². The summed E-state index contributed by atoms with van der Waals surface area (Å²) in [5.74, 6) is -5.07. The first-order valence-corrected chi connectivity index (χ1v) is 34.8. The number of anilines is 1. The largest absolute Gasteiger partial charge is 0.748 e. The van der Waals surface area contributed by atoms with Gasteiger partial charge in [-0.1, -0.05) is 18.2 Å². The highest BCUT2D eigenvalue weighted by atomic mass is 32.2. The second-order valence-electron chi connectivity index (χ2n) is 22.4. The van der Waals surface area contributed by atoms with E-state index in [9.17, 15) is 70.5 Å². The second-order valence-corrected chi connectivity index (χ2v) is 25.6. The Bertz CT molecular complexity index is 3480. The fraction of sp³-hybridized carbons (Fsp3) is 0.524. The lowest BCUT2D eigenvalue weighted by Crippen LogP contribution is -2.50. The van der Waals surface area contributed by atoms with Crippen molar-refractivity contribution >= 4 is 87.5 Å². The average molecular weight is 1320 g/mol. The summed E-state index contributed by atoms with van der Waals surface area (Å²) >= 11 is 0. The first kappa shape index (κ1) is 73.2. The molecule has 0 bridgehead atoms. The quantitative estimate of drug-likeness (QED) is 0.00851. The van der Waals surface area contributed by atoms with Crippen LogP contribution in [0.2, 0.25) is 0 Å². The van der Waals surface area contributed by atoms with Gasteiger partial charge in [-0.3, -0.25) is 52.6 Å². The maximum Gasteiger partial charge on any atom is 0.325 e. The molecule has 27 nitrogen and oxygen atoms in total. The molecule has 2 aromatic carbocycles. The molecule has 9 amide bonds. The van der Waals surface area contributed by atoms with Crippen LogP contribution in [0.15, 0.2) is 77.2 Å². The Kier molecular flexibility index (Phi) is 28.5. The van der Waals surface area contributed by atoms with Crippen molar-refractivity contribution in [2.75, 3.05) is 109 Å². The van der Waals surface area contributed by atoms with E-state index in [1.807, 2.05) is 24.3 Å². The number of unbranched alkanes of at least 4 members (excludes halogenated alkanes) is 3. The van der Waals surface area contributed by atoms with Gasteiger partial charge in [-0.15, -0.1) is 0 Å². The molecular formula is C63H87N10O17PS. The van der Waals surface area contributed by atoms with Gasteiger partial charge in [0, 0.05) is 137 Å². The summed E-state index contributed by atoms with van der Waals surface area (Å²) in [7, 11) is -9.57. The molecule has 502 valence electrons. The molecule has 29 heteroatoms. The molecule has 2 unspecified atom stereocenters. The Labute approximate surface area is 536 Å². The van der Waals surface area contributed by atoms with Crippen LogP contribution in [0.1, 0.15) is 109 Å². The number of amides is 9. The number of ether oxygens (including phenoxy) is 1. The maximum atomic E-state index is 14.6. The van der Waals surface area contributed by atoms with Gasteiger partial charge >= 0.3 is 7.60 Å². The van der Waals surface area contributed by atoms with Gasteiger partial charge in [0.15, 0.2) is 0 Å². The zero-order valence-electron chi connectivity index (χ0n) is 52.8. The van der Waals surface area contributed by atoms with Gasteiger partial charge in [-0.05, 0) is 102 Å². The summed E-state index contributed by atoms with van der Waals surface area (Å²) in [5, 5.41) is 14.4. The van der Waals surface area contributed by atoms with E-state index in [0.717, 1.165) is 64.2 Å². The van der Waals surface area contributed by atoms with Gasteiger partial charge in [-0.25, -0.2) is 13.0 Å². The highest BCUT2D eigenvalue weighted by Crippen LogP contribution is 2.42. The van der Waals surface area contributed by atoms with Crippen LogP contribution in [0.4, 0.5) is 5.69 Å². The van der Waals surface area contributed by atoms with Crippen LogP contribution in [0, 0.1) is 0 Å². The number of hydrogen-bond donors (Lipinski definition) is 7. The first-order valence-electron chi connectivity index (χ1n) is 31.4. The Balaban J connectivity index is 0.905. The van der Waals surface area contributed by atoms with E-state index in [-0.39, 0.29) is 141 Å². The van der Waals surface area contributed by atoms with Crippen LogP contribution < -0.4 is 41.4 Å². The molecule has 7 N–H and O–H groups in total. The molecule has 1 aliphatic carbocycles. The van der Waals surface area contributed by atoms with Gasteiger partial charge < -0.3 is 64.8 Å². The third-order valence-electron chi connectivity index (χ3n) is 15.9. The van der Waals surface area contributed by atoms with E-state index in [1.165, 1.54) is 12.2 Å². The normalized spacial score (nSPS) is 14.1. The van der Waals surface area contributed by atoms with E-state index in [0.29, 0.717) is 29.7 Å². The van der Waals surface area contributed by atoms with Crippen molar-refractivity contribution in [1.82, 2.24) is 45.9 Å². The summed E-state index contributed by atoms with van der Waals surface area (Å²) in [6.07, 6.45) is 2.52. The second kappa shape index (κ2) is 35.8. The number of rotatable bonds is 37. The van der Waals surface area contributed by atoms with E-state index in [1.54, 1.807) is 9.80 Å². The molecule has 0 spiro atoms. The molecule has 2 atom stereocenters. The number of hydrogen-bond acceptors (Lipinski definition) is 16. The highest BCUT2D eigenvalue weighted by Gasteiger charge is 2.30. The molecule has 2 aromatic rings. The summed E-state index contributed by atoms with van der Waals surface area (Å²) in [6, 6.07) is 16.9. The van der Waals surface area contributed by atoms with Crippen molar-refractivity contribution in [2.45, 2.75) is 110 Å². The van der Waals surface area contributed by atoms with Crippen molar-refractivity contribution in [3.8, 4) is 22.5 Å². The lowest BCUT2D eigenvalue weighted by molar-refractivity contribution is -0.138. The van der Waals surface area contributed by atoms with Gasteiger partial charge in [-0.2, -0.15) is 0 Å². The summed E-state index contributed by atoms with van der Waals surface area (Å²) in [6.45, 7) is 13.3. The van der Waals surface area contributed by atoms with Gasteiger partial charge in [0.2, 0.25) is 40.8 Å². The topological polar surface area (TPSA) is 367 Å². The summed E-state index contributed by atoms with van der Waals surface area (Å²) < 4.78 is 61.3. The minimum Gasteiger partial charge on any atom is -0.748 e. The molecule has 0 saturated carbocycles. The standard InChI is InChI=1S/C63H87N10O17PS/c1-5-69(6-2)44-23-25-48-52(41-44)90-53-42-45(70(7-3)8-4)24-26-49(53)60(48)46-17-9-10-18-47(46)63(82)72-35-33-71(34-36-72)57(77)22-12-11-20-56(76)68-51(43-92(86,87)88)62(81)66-31-16-14-21-55(75)67-50(29-40-91(83,84)85)61(80)65-30-15-13-19-54(74)64-32-38-89-39-37-73-58(78)27-28-59(73)79/h9-10,17-18,23-28,41-42,50-51H,5-8,11-16,19-22,29-40,43H2,1-4H3,(H7-,64,65,66,67,68,74,75,76,80,81,83,84,85,86,87,88). The van der Waals surface area contributed by atoms with Crippen molar-refractivity contribution in [3.63, 3.8) is 0 Å². The number of carbonyl (C=O) groups is 9. The number of nitrogens with zero attached hydrogens (tertiary/aromatic N) is 5. The molecule has 92 heavy (non-hydrogen) atoms. The van der Waals surface area contributed by atoms with E-state index >= 15 is 0 Å². The summed E-state index contributed by atoms with van der Waals surface area (Å²) in [4.78, 5) is 141. The van der Waals surface area contributed by atoms with Crippen LogP contribution in [0.25, 0.3) is 33.4 Å². The lowest BCUT2D eigenvalue weighted by atomic mass is 9.90. The van der Waals surface area contributed by atoms with E-state index in [2.05, 4.69) is 100 Å². The zero-order chi connectivity index (χ0) is 67.0. The van der Waals surface area contributed by atoms with Crippen LogP contribution in [0.5, 0.6) is 0 Å². The number of piperazine rings is 1. The molecule has 1 fully saturated rings. The Morgan fingerprint density at radius 2 is 1.28 bits per heavy atom. The molecule has 6 rings (SSSR count). The zero-order valence-corrected chi connectivity index (χ0v) is 54.5. The molecule has 0 aromatic heterocycles. The van der Waals surface area contributed by atoms with Gasteiger partial charge in [0.25, 0.3) is 17.7 Å². The third kappa shape index (κ3) is 22.5. The van der Waals surface area contributed by atoms with E-state index in [4.69, 9.17) is 9.15 Å². The highest BCUT2D eigenvalue weighted by molar-refractivity contribution is 7.85. The number of nitrogens with one attached hydrogen (secondary N) is 5. The molecular weight excluding hydrogens is 1230 g/mol. The van der Waals surface area contributed by atoms with Crippen LogP contribution >= 0.6 is 7.60 Å². The maximum absolute atomic E-state index is 14.6. The van der Waals surface area contributed by atoms with Crippen LogP contribution in [-0.2, 0) is 57.8 Å². The Hall–Kier alpha value is -7.88. The first-order chi connectivity index (χ1) is 43.9. The van der Waals surface area contributed by atoms with E-state index < -0.39 is 77.2 Å². The number of carbonyl (C=O) groups excluding carboxylic acids is 9. The number of imide groups is 1. The molecule has 0 radical (unpaired) electrons. The monoisotopic (exact) mass is 1320 g/mol. The molecule has 3 aliphatic heterocycles. The van der Waals surface area contributed by atoms with Crippen LogP contribution in [0.3, 0.4) is 0 Å². The fourth-order valence-corrected chi connectivity index (χ4v) is 12.1. The van der Waals surface area contributed by atoms with Crippen molar-refractivity contribution in [1.29, 1.82) is 0 Å². The minimum atomic E-state index is -5.01. The molecule has 3 heterocycles. The number of fused-ring (bicyclic) bond motifs is 2. The van der Waals surface area contributed by atoms with Crippen molar-refractivity contribution in [2.24, 2.45) is 0 Å². The predicted octanol–water partition coefficient (Wildman–Crippen LogP) is 2.42. The van der Waals surface area contributed by atoms with Crippen molar-refractivity contribution in [3.05, 3.63) is 83.7 Å². The smallest absolute Gasteiger partial charge is 0.325 e. The molecule has 4 aliphatic rings. The third-order valence-corrected chi connectivity index (χ3v) is 17.5. The van der Waals surface area contributed by atoms with Crippen LogP contribution in [-0.4, -0.2) is 206 Å².